The van der Waals surface area contributed by atoms with Gasteiger partial charge in [0.2, 0.25) is 23.6 Å². The molecule has 89 heavy (non-hydrogen) atoms. The van der Waals surface area contributed by atoms with Crippen LogP contribution >= 0.6 is 74.6 Å². The number of hydrogen-bond acceptors (Lipinski definition) is 24. The summed E-state index contributed by atoms with van der Waals surface area (Å²) in [6.45, 7) is 4.78. The Labute approximate surface area is 545 Å². The third-order valence-corrected chi connectivity index (χ3v) is 22.8. The van der Waals surface area contributed by atoms with Crippen LogP contribution in [0.3, 0.4) is 0 Å². The highest BCUT2D eigenvalue weighted by atomic mass is 79.9. The lowest BCUT2D eigenvalue weighted by Crippen LogP contribution is -2.45. The summed E-state index contributed by atoms with van der Waals surface area (Å²) in [5.41, 5.74) is 1.91. The van der Waals surface area contributed by atoms with Crippen molar-refractivity contribution < 1.29 is 58.8 Å². The smallest absolute Gasteiger partial charge is 0.238 e. The molecule has 30 heteroatoms. The summed E-state index contributed by atoms with van der Waals surface area (Å²) in [7, 11) is 0. The zero-order chi connectivity index (χ0) is 63.0. The molecular formula is C59H72BrClN12O12S4. The van der Waals surface area contributed by atoms with Crippen molar-refractivity contribution >= 4 is 152 Å². The number of Topliss-reactive ketones (excluding diaryl/α,β-unsaturated/α-hetero) is 4. The number of aliphatic hydroxyl groups is 4. The van der Waals surface area contributed by atoms with Crippen molar-refractivity contribution in [3.8, 4) is 0 Å². The standard InChI is InChI=1S/C19H21N3O3S.C14H18ClN3O3S.C13H16BrN3O3S.C13H17N3O3S/c23-13(8-15-16(24)6-7-20-15)10-22-11-21-18-14(19(22)25)9-17(26-18)12-4-2-1-3-5-12;1-7-11-13(22-12(7)15)17-6-18(14(11)21)5-8(19)4-9-10(20)2-3-16-9;14-11-4-8-12(21-11)16-6-17(13(8)20)5-7(18)3-9-10(19)1-2-15-9;17-8(5-10-11(18)1-3-14-10)6-16-7-15-12-9(13(16)19)2-4-20-12/h1-5,9,11,14-16,18,20,24H,6-8,10H2;6,9-11,13,16,20H,2-5H2,1H3;4,6,8-10,12,15,19H,1-3,5H2;2,4,7,9-12,14,18H,1,3,5-6H2/t14?,15-,16+,18?;9-,10+,11?,13?;8?,9-,10+,12?;9?,10-,11+,12?/m1111/s1. The Hall–Kier alpha value is -4.73. The van der Waals surface area contributed by atoms with Gasteiger partial charge in [-0.2, -0.15) is 0 Å². The van der Waals surface area contributed by atoms with Gasteiger partial charge in [-0.1, -0.05) is 89.4 Å². The number of thioether (sulfide) groups is 4. The molecule has 478 valence electrons. The lowest BCUT2D eigenvalue weighted by atomic mass is 9.99. The number of aliphatic imine (C=N–C) groups is 4. The van der Waals surface area contributed by atoms with E-state index in [-0.39, 0.29) is 168 Å². The number of hydrogen-bond donors (Lipinski definition) is 8. The van der Waals surface area contributed by atoms with Gasteiger partial charge in [-0.15, -0.1) is 11.8 Å². The minimum atomic E-state index is -0.491. The van der Waals surface area contributed by atoms with Crippen LogP contribution in [0.1, 0.15) is 63.9 Å². The Kier molecular flexibility index (Phi) is 23.2. The maximum Gasteiger partial charge on any atom is 0.238 e. The van der Waals surface area contributed by atoms with Crippen molar-refractivity contribution in [1.82, 2.24) is 40.9 Å². The average molecular weight is 1380 g/mol. The Morgan fingerprint density at radius 3 is 1.37 bits per heavy atom. The number of aliphatic hydroxyl groups excluding tert-OH is 4. The number of nitrogens with one attached hydrogen (secondary N) is 4. The molecule has 0 saturated carbocycles. The molecule has 1 aromatic rings. The molecule has 0 aromatic heterocycles. The summed E-state index contributed by atoms with van der Waals surface area (Å²) in [5, 5.41) is 52.7. The highest BCUT2D eigenvalue weighted by Gasteiger charge is 2.45. The first-order valence-electron chi connectivity index (χ1n) is 29.7. The van der Waals surface area contributed by atoms with E-state index in [0.717, 1.165) is 39.5 Å². The normalized spacial score (nSPS) is 33.7. The van der Waals surface area contributed by atoms with Crippen LogP contribution in [0.2, 0.25) is 0 Å². The number of nitrogens with zero attached hydrogens (tertiary/aromatic N) is 8. The minimum absolute atomic E-state index is 0.00792. The Balaban J connectivity index is 0.000000131. The second kappa shape index (κ2) is 30.8. The molecule has 0 spiro atoms. The van der Waals surface area contributed by atoms with Crippen LogP contribution < -0.4 is 21.3 Å². The third kappa shape index (κ3) is 16.7. The average Bonchev–Trinajstić information content (AvgIpc) is 2.20. The molecule has 4 amide bonds. The van der Waals surface area contributed by atoms with E-state index in [2.05, 4.69) is 57.2 Å². The van der Waals surface area contributed by atoms with Gasteiger partial charge in [0.15, 0.2) is 23.1 Å². The maximum atomic E-state index is 12.8. The molecule has 4 saturated heterocycles. The number of carbonyl (C=O) groups is 8. The highest BCUT2D eigenvalue weighted by Crippen LogP contribution is 2.47. The van der Waals surface area contributed by atoms with E-state index in [1.165, 1.54) is 80.2 Å². The molecule has 0 bridgehead atoms. The van der Waals surface area contributed by atoms with Gasteiger partial charge < -0.3 is 41.7 Å². The summed E-state index contributed by atoms with van der Waals surface area (Å²) >= 11 is 15.4. The fourth-order valence-corrected chi connectivity index (χ4v) is 17.4. The monoisotopic (exact) mass is 1380 g/mol. The summed E-state index contributed by atoms with van der Waals surface area (Å²) in [6.07, 6.45) is 13.2. The van der Waals surface area contributed by atoms with Gasteiger partial charge in [0, 0.05) is 58.6 Å². The van der Waals surface area contributed by atoms with Crippen molar-refractivity contribution in [2.45, 2.75) is 128 Å². The summed E-state index contributed by atoms with van der Waals surface area (Å²) in [4.78, 5) is 122. The van der Waals surface area contributed by atoms with E-state index in [4.69, 9.17) is 11.6 Å². The Morgan fingerprint density at radius 1 is 0.539 bits per heavy atom. The molecule has 4 fully saturated rings. The fraction of sp³-hybridized carbons (Fsp3) is 0.559. The number of fused-ring (bicyclic) bond motifs is 4. The molecule has 1 aromatic carbocycles. The molecule has 8 N–H and O–H groups in total. The van der Waals surface area contributed by atoms with Gasteiger partial charge in [0.1, 0.15) is 21.5 Å². The van der Waals surface area contributed by atoms with Crippen molar-refractivity contribution in [2.75, 3.05) is 52.4 Å². The van der Waals surface area contributed by atoms with Crippen LogP contribution in [0, 0.1) is 23.7 Å². The first-order chi connectivity index (χ1) is 42.8. The number of amides is 4. The van der Waals surface area contributed by atoms with E-state index >= 15 is 0 Å². The summed E-state index contributed by atoms with van der Waals surface area (Å²) < 4.78 is 1.53. The van der Waals surface area contributed by atoms with Gasteiger partial charge in [-0.25, -0.2) is 0 Å². The molecule has 12 aliphatic heterocycles. The van der Waals surface area contributed by atoms with E-state index in [1.807, 2.05) is 60.9 Å². The second-order valence-electron chi connectivity index (χ2n) is 23.3. The van der Waals surface area contributed by atoms with E-state index < -0.39 is 24.4 Å². The maximum absolute atomic E-state index is 12.8. The van der Waals surface area contributed by atoms with Crippen LogP contribution in [0.4, 0.5) is 0 Å². The summed E-state index contributed by atoms with van der Waals surface area (Å²) in [5.74, 6) is -1.90. The third-order valence-electron chi connectivity index (χ3n) is 17.0. The van der Waals surface area contributed by atoms with Crippen LogP contribution in [0.25, 0.3) is 4.91 Å². The largest absolute Gasteiger partial charge is 0.391 e. The SMILES string of the molecule is CC1=C(Cl)SC2N=CN(CC(=O)C[C@H]3NCC[C@@H]3O)C(=O)C12.O=C(C[C@H]1NCC[C@@H]1O)CN1C=NC2SC(Br)=CC2C1=O.O=C(C[C@H]1NCC[C@@H]1O)CN1C=NC2SC(c3ccccc3)=CC2C1=O.O=C(C[C@H]1NCC[C@@H]1O)CN1C=NC2SC=CC2C1=O. The number of ketones is 4. The van der Waals surface area contributed by atoms with Gasteiger partial charge in [0.05, 0.1) is 104 Å². The first-order valence-corrected chi connectivity index (χ1v) is 34.4. The van der Waals surface area contributed by atoms with Crippen LogP contribution in [-0.2, 0) is 38.4 Å². The molecule has 8 unspecified atom stereocenters. The molecule has 0 radical (unpaired) electrons. The Morgan fingerprint density at radius 2 is 0.933 bits per heavy atom. The molecule has 12 aliphatic rings. The first kappa shape index (κ1) is 67.2. The van der Waals surface area contributed by atoms with E-state index in [9.17, 15) is 58.8 Å². The fourth-order valence-electron chi connectivity index (χ4n) is 12.0. The molecular weight excluding hydrogens is 1310 g/mol. The van der Waals surface area contributed by atoms with E-state index in [1.54, 1.807) is 11.8 Å². The minimum Gasteiger partial charge on any atom is -0.391 e. The predicted octanol–water partition coefficient (Wildman–Crippen LogP) is 2.17. The van der Waals surface area contributed by atoms with Crippen molar-refractivity contribution in [1.29, 1.82) is 0 Å². The number of benzene rings is 1. The molecule has 12 heterocycles. The van der Waals surface area contributed by atoms with Gasteiger partial charge >= 0.3 is 0 Å². The Bertz CT molecular complexity index is 3140. The van der Waals surface area contributed by atoms with Crippen molar-refractivity contribution in [3.63, 3.8) is 0 Å². The van der Waals surface area contributed by atoms with Crippen molar-refractivity contribution in [3.05, 3.63) is 73.3 Å². The number of halogens is 2. The predicted molar refractivity (Wildman–Crippen MR) is 348 cm³/mol. The lowest BCUT2D eigenvalue weighted by molar-refractivity contribution is -0.134. The lowest BCUT2D eigenvalue weighted by Gasteiger charge is -2.28. The van der Waals surface area contributed by atoms with Gasteiger partial charge in [0.25, 0.3) is 0 Å². The zero-order valence-electron chi connectivity index (χ0n) is 48.6. The highest BCUT2D eigenvalue weighted by molar-refractivity contribution is 9.14. The number of carbonyl (C=O) groups excluding carboxylic acids is 8. The molecule has 24 nitrogen and oxygen atoms in total. The quantitative estimate of drug-likeness (QED) is 0.111. The molecule has 16 atom stereocenters. The van der Waals surface area contributed by atoms with Crippen LogP contribution in [0.15, 0.2) is 87.7 Å². The van der Waals surface area contributed by atoms with E-state index in [0.29, 0.717) is 36.6 Å². The van der Waals surface area contributed by atoms with Gasteiger partial charge in [-0.3, -0.25) is 77.9 Å². The topological polar surface area (TPSA) is 328 Å². The van der Waals surface area contributed by atoms with Crippen molar-refractivity contribution in [2.24, 2.45) is 43.6 Å². The van der Waals surface area contributed by atoms with Gasteiger partial charge in [-0.05, 0) is 97.3 Å². The zero-order valence-corrected chi connectivity index (χ0v) is 54.2. The summed E-state index contributed by atoms with van der Waals surface area (Å²) in [6, 6.07) is 9.14. The second-order valence-corrected chi connectivity index (χ2v) is 29.8. The number of rotatable bonds is 17. The van der Waals surface area contributed by atoms with Crippen LogP contribution in [0.5, 0.6) is 0 Å². The van der Waals surface area contributed by atoms with Crippen LogP contribution in [-0.4, -0.2) is 235 Å². The molecule has 0 aliphatic carbocycles. The molecule has 13 rings (SSSR count).